The van der Waals surface area contributed by atoms with E-state index in [0.717, 1.165) is 11.3 Å². The van der Waals surface area contributed by atoms with E-state index in [1.165, 1.54) is 6.07 Å². The molecule has 1 heterocycles. The van der Waals surface area contributed by atoms with Crippen molar-refractivity contribution in [3.63, 3.8) is 0 Å². The van der Waals surface area contributed by atoms with Gasteiger partial charge in [-0.25, -0.2) is 4.79 Å². The van der Waals surface area contributed by atoms with Gasteiger partial charge in [-0.1, -0.05) is 36.4 Å². The monoisotopic (exact) mass is 341 g/mol. The van der Waals surface area contributed by atoms with Gasteiger partial charge in [-0.15, -0.1) is 0 Å². The molecule has 2 unspecified atom stereocenters. The van der Waals surface area contributed by atoms with Gasteiger partial charge in [0, 0.05) is 29.2 Å². The molecular weight excluding hydrogens is 322 g/mol. The third-order valence-electron chi connectivity index (χ3n) is 4.33. The molecule has 0 aromatic heterocycles. The molecule has 2 N–H and O–H groups in total. The van der Waals surface area contributed by atoms with Gasteiger partial charge in [-0.2, -0.15) is 0 Å². The van der Waals surface area contributed by atoms with Crippen LogP contribution in [0.5, 0.6) is 5.75 Å². The SMILES string of the molecule is CC(NC(=O)NCc1ccccc1[N+](=O)[O-])C1COc2ccccc21. The van der Waals surface area contributed by atoms with Gasteiger partial charge in [0.2, 0.25) is 0 Å². The van der Waals surface area contributed by atoms with Gasteiger partial charge in [0.15, 0.2) is 0 Å². The van der Waals surface area contributed by atoms with Gasteiger partial charge >= 0.3 is 6.03 Å². The Morgan fingerprint density at radius 3 is 2.80 bits per heavy atom. The molecule has 130 valence electrons. The maximum atomic E-state index is 12.1. The molecule has 0 aliphatic carbocycles. The lowest BCUT2D eigenvalue weighted by molar-refractivity contribution is -0.385. The number of carbonyl (C=O) groups excluding carboxylic acids is 1. The van der Waals surface area contributed by atoms with Crippen LogP contribution in [0.4, 0.5) is 10.5 Å². The maximum Gasteiger partial charge on any atom is 0.315 e. The second-order valence-electron chi connectivity index (χ2n) is 5.96. The number of hydrogen-bond donors (Lipinski definition) is 2. The number of amides is 2. The van der Waals surface area contributed by atoms with Gasteiger partial charge in [0.05, 0.1) is 18.1 Å². The topological polar surface area (TPSA) is 93.5 Å². The standard InChI is InChI=1S/C18H19N3O4/c1-12(15-11-25-17-9-5-3-7-14(15)17)20-18(22)19-10-13-6-2-4-8-16(13)21(23)24/h2-9,12,15H,10-11H2,1H3,(H2,19,20,22). The average molecular weight is 341 g/mol. The third-order valence-corrected chi connectivity index (χ3v) is 4.33. The number of nitrogens with one attached hydrogen (secondary N) is 2. The molecule has 0 bridgehead atoms. The summed E-state index contributed by atoms with van der Waals surface area (Å²) in [7, 11) is 0. The van der Waals surface area contributed by atoms with E-state index in [9.17, 15) is 14.9 Å². The zero-order valence-corrected chi connectivity index (χ0v) is 13.8. The van der Waals surface area contributed by atoms with Gasteiger partial charge in [0.1, 0.15) is 5.75 Å². The van der Waals surface area contributed by atoms with Crippen molar-refractivity contribution in [2.75, 3.05) is 6.61 Å². The number of nitro benzene ring substituents is 1. The number of nitrogens with zero attached hydrogens (tertiary/aromatic N) is 1. The number of carbonyl (C=O) groups is 1. The maximum absolute atomic E-state index is 12.1. The van der Waals surface area contributed by atoms with Crippen molar-refractivity contribution in [2.45, 2.75) is 25.4 Å². The van der Waals surface area contributed by atoms with E-state index in [2.05, 4.69) is 10.6 Å². The van der Waals surface area contributed by atoms with E-state index in [0.29, 0.717) is 12.2 Å². The number of benzene rings is 2. The lowest BCUT2D eigenvalue weighted by Gasteiger charge is -2.20. The van der Waals surface area contributed by atoms with Crippen molar-refractivity contribution < 1.29 is 14.5 Å². The molecule has 3 rings (SSSR count). The molecule has 0 fully saturated rings. The van der Waals surface area contributed by atoms with Crippen molar-refractivity contribution >= 4 is 11.7 Å². The molecule has 1 aliphatic heterocycles. The molecule has 2 amide bonds. The first-order valence-corrected chi connectivity index (χ1v) is 8.04. The second kappa shape index (κ2) is 7.21. The quantitative estimate of drug-likeness (QED) is 0.646. The summed E-state index contributed by atoms with van der Waals surface area (Å²) in [4.78, 5) is 22.7. The summed E-state index contributed by atoms with van der Waals surface area (Å²) >= 11 is 0. The van der Waals surface area contributed by atoms with Crippen LogP contribution in [-0.2, 0) is 6.54 Å². The Bertz CT molecular complexity index is 793. The highest BCUT2D eigenvalue weighted by Crippen LogP contribution is 2.35. The van der Waals surface area contributed by atoms with Gasteiger partial charge < -0.3 is 15.4 Å². The van der Waals surface area contributed by atoms with E-state index in [4.69, 9.17) is 4.74 Å². The minimum absolute atomic E-state index is 0.00558. The minimum Gasteiger partial charge on any atom is -0.493 e. The van der Waals surface area contributed by atoms with E-state index < -0.39 is 4.92 Å². The van der Waals surface area contributed by atoms with Crippen LogP contribution in [-0.4, -0.2) is 23.6 Å². The van der Waals surface area contributed by atoms with Crippen LogP contribution in [0.3, 0.4) is 0 Å². The summed E-state index contributed by atoms with van der Waals surface area (Å²) in [5, 5.41) is 16.6. The van der Waals surface area contributed by atoms with E-state index in [1.54, 1.807) is 18.2 Å². The highest BCUT2D eigenvalue weighted by atomic mass is 16.6. The largest absolute Gasteiger partial charge is 0.493 e. The minimum atomic E-state index is -0.454. The van der Waals surface area contributed by atoms with E-state index in [-0.39, 0.29) is 30.2 Å². The van der Waals surface area contributed by atoms with Crippen LogP contribution in [0.15, 0.2) is 48.5 Å². The Labute approximate surface area is 145 Å². The zero-order valence-electron chi connectivity index (χ0n) is 13.8. The smallest absolute Gasteiger partial charge is 0.315 e. The first-order chi connectivity index (χ1) is 12.1. The Morgan fingerprint density at radius 1 is 1.28 bits per heavy atom. The van der Waals surface area contributed by atoms with Gasteiger partial charge in [-0.05, 0) is 13.0 Å². The predicted octanol–water partition coefficient (Wildman–Crippen LogP) is 2.96. The molecule has 0 radical (unpaired) electrons. The van der Waals surface area contributed by atoms with Crippen LogP contribution >= 0.6 is 0 Å². The molecule has 0 spiro atoms. The summed E-state index contributed by atoms with van der Waals surface area (Å²) in [5.74, 6) is 0.925. The van der Waals surface area contributed by atoms with Crippen LogP contribution in [0, 0.1) is 10.1 Å². The predicted molar refractivity (Wildman–Crippen MR) is 92.6 cm³/mol. The van der Waals surface area contributed by atoms with Crippen LogP contribution in [0.1, 0.15) is 24.0 Å². The van der Waals surface area contributed by atoms with Gasteiger partial charge in [-0.3, -0.25) is 10.1 Å². The number of nitro groups is 1. The number of fused-ring (bicyclic) bond motifs is 1. The lowest BCUT2D eigenvalue weighted by Crippen LogP contribution is -2.43. The highest BCUT2D eigenvalue weighted by molar-refractivity contribution is 5.74. The van der Waals surface area contributed by atoms with Crippen LogP contribution < -0.4 is 15.4 Å². The number of para-hydroxylation sites is 2. The second-order valence-corrected chi connectivity index (χ2v) is 5.96. The molecule has 25 heavy (non-hydrogen) atoms. The molecule has 2 atom stereocenters. The fourth-order valence-corrected chi connectivity index (χ4v) is 2.97. The first kappa shape index (κ1) is 16.8. The summed E-state index contributed by atoms with van der Waals surface area (Å²) in [6, 6.07) is 13.6. The summed E-state index contributed by atoms with van der Waals surface area (Å²) in [6.07, 6.45) is 0. The number of urea groups is 1. The Morgan fingerprint density at radius 2 is 2.00 bits per heavy atom. The molecule has 7 nitrogen and oxygen atoms in total. The van der Waals surface area contributed by atoms with Crippen molar-refractivity contribution in [2.24, 2.45) is 0 Å². The molecule has 1 aliphatic rings. The van der Waals surface area contributed by atoms with Crippen LogP contribution in [0.25, 0.3) is 0 Å². The third kappa shape index (κ3) is 3.71. The van der Waals surface area contributed by atoms with Crippen molar-refractivity contribution in [3.8, 4) is 5.75 Å². The zero-order chi connectivity index (χ0) is 17.8. The normalized spacial score (nSPS) is 16.4. The van der Waals surface area contributed by atoms with Crippen LogP contribution in [0.2, 0.25) is 0 Å². The Kier molecular flexibility index (Phi) is 4.83. The van der Waals surface area contributed by atoms with Crippen molar-refractivity contribution in [3.05, 3.63) is 69.8 Å². The van der Waals surface area contributed by atoms with Crippen molar-refractivity contribution in [1.29, 1.82) is 0 Å². The molecule has 0 saturated carbocycles. The highest BCUT2D eigenvalue weighted by Gasteiger charge is 2.29. The number of ether oxygens (including phenoxy) is 1. The van der Waals surface area contributed by atoms with Crippen molar-refractivity contribution in [1.82, 2.24) is 10.6 Å². The van der Waals surface area contributed by atoms with Gasteiger partial charge in [0.25, 0.3) is 5.69 Å². The number of rotatable bonds is 5. The fraction of sp³-hybridized carbons (Fsp3) is 0.278. The summed E-state index contributed by atoms with van der Waals surface area (Å²) < 4.78 is 5.64. The summed E-state index contributed by atoms with van der Waals surface area (Å²) in [5.41, 5.74) is 1.54. The fourth-order valence-electron chi connectivity index (χ4n) is 2.97. The average Bonchev–Trinajstić information content (AvgIpc) is 3.04. The summed E-state index contributed by atoms with van der Waals surface area (Å²) in [6.45, 7) is 2.53. The Balaban J connectivity index is 1.58. The molecule has 0 saturated heterocycles. The number of hydrogen-bond acceptors (Lipinski definition) is 4. The lowest BCUT2D eigenvalue weighted by atomic mass is 9.94. The molecule has 2 aromatic carbocycles. The molecule has 2 aromatic rings. The molecular formula is C18H19N3O4. The first-order valence-electron chi connectivity index (χ1n) is 8.04. The van der Waals surface area contributed by atoms with E-state index in [1.807, 2.05) is 31.2 Å². The molecule has 7 heteroatoms. The Hall–Kier alpha value is -3.09. The van der Waals surface area contributed by atoms with E-state index >= 15 is 0 Å².